The molecule has 0 radical (unpaired) electrons. The molecule has 0 bridgehead atoms. The van der Waals surface area contributed by atoms with Gasteiger partial charge in [-0.25, -0.2) is 4.39 Å². The van der Waals surface area contributed by atoms with Crippen LogP contribution in [0.1, 0.15) is 5.56 Å². The van der Waals surface area contributed by atoms with Gasteiger partial charge in [-0.3, -0.25) is 0 Å². The first-order chi connectivity index (χ1) is 5.15. The summed E-state index contributed by atoms with van der Waals surface area (Å²) < 4.78 is 13.5. The van der Waals surface area contributed by atoms with Gasteiger partial charge in [0.1, 0.15) is 5.82 Å². The highest BCUT2D eigenvalue weighted by Crippen LogP contribution is 2.25. The van der Waals surface area contributed by atoms with E-state index < -0.39 is 5.82 Å². The lowest BCUT2D eigenvalue weighted by atomic mass is 10.2. The molecule has 0 spiro atoms. The van der Waals surface area contributed by atoms with E-state index in [1.807, 2.05) is 0 Å². The van der Waals surface area contributed by atoms with Crippen molar-refractivity contribution in [3.8, 4) is 0 Å². The van der Waals surface area contributed by atoms with E-state index in [1.54, 1.807) is 6.07 Å². The van der Waals surface area contributed by atoms with E-state index in [0.29, 0.717) is 10.0 Å². The first-order valence-corrected chi connectivity index (χ1v) is 4.55. The molecule has 1 aromatic carbocycles. The normalized spacial score (nSPS) is 10.2. The molecule has 0 aromatic heterocycles. The molecule has 60 valence electrons. The highest BCUT2D eigenvalue weighted by atomic mass is 79.9. The number of rotatable bonds is 1. The molecule has 0 aliphatic heterocycles. The maximum atomic E-state index is 12.8. The molecule has 0 nitrogen and oxygen atoms in total. The Bertz CT molecular complexity index is 275. The van der Waals surface area contributed by atoms with Crippen molar-refractivity contribution in [2.24, 2.45) is 0 Å². The molecule has 4 heteroatoms. The first kappa shape index (κ1) is 9.30. The van der Waals surface area contributed by atoms with Crippen LogP contribution in [-0.2, 0) is 5.88 Å². The number of hydrogen-bond acceptors (Lipinski definition) is 0. The smallest absolute Gasteiger partial charge is 0.143 e. The largest absolute Gasteiger partial charge is 0.205 e. The number of benzene rings is 1. The van der Waals surface area contributed by atoms with Crippen molar-refractivity contribution in [1.82, 2.24) is 0 Å². The van der Waals surface area contributed by atoms with Crippen LogP contribution in [0.3, 0.4) is 0 Å². The lowest BCUT2D eigenvalue weighted by molar-refractivity contribution is 0.626. The Kier molecular flexibility index (Phi) is 3.16. The van der Waals surface area contributed by atoms with E-state index in [4.69, 9.17) is 23.2 Å². The first-order valence-electron chi connectivity index (χ1n) is 2.84. The van der Waals surface area contributed by atoms with Crippen LogP contribution in [0.15, 0.2) is 16.6 Å². The van der Waals surface area contributed by atoms with Crippen LogP contribution in [0.4, 0.5) is 4.39 Å². The molecule has 0 atom stereocenters. The van der Waals surface area contributed by atoms with Gasteiger partial charge in [-0.2, -0.15) is 0 Å². The highest BCUT2D eigenvalue weighted by Gasteiger charge is 2.06. The lowest BCUT2D eigenvalue weighted by Crippen LogP contribution is -1.85. The van der Waals surface area contributed by atoms with E-state index in [2.05, 4.69) is 15.9 Å². The Balaban J connectivity index is 3.24. The predicted molar refractivity (Wildman–Crippen MR) is 48.7 cm³/mol. The van der Waals surface area contributed by atoms with Gasteiger partial charge in [-0.1, -0.05) is 27.5 Å². The zero-order valence-electron chi connectivity index (χ0n) is 5.37. The fourth-order valence-corrected chi connectivity index (χ4v) is 1.64. The monoisotopic (exact) mass is 256 g/mol. The number of hydrogen-bond donors (Lipinski definition) is 0. The summed E-state index contributed by atoms with van der Waals surface area (Å²) in [7, 11) is 0. The Morgan fingerprint density at radius 3 is 2.64 bits per heavy atom. The molecule has 0 amide bonds. The van der Waals surface area contributed by atoms with Crippen LogP contribution in [0.5, 0.6) is 0 Å². The Hall–Kier alpha value is 0.210. The zero-order valence-corrected chi connectivity index (χ0v) is 8.47. The molecule has 0 N–H and O–H groups in total. The third-order valence-electron chi connectivity index (χ3n) is 1.21. The minimum absolute atomic E-state index is 0.100. The summed E-state index contributed by atoms with van der Waals surface area (Å²) in [5.41, 5.74) is 0.597. The van der Waals surface area contributed by atoms with E-state index in [9.17, 15) is 4.39 Å². The van der Waals surface area contributed by atoms with Gasteiger partial charge in [0, 0.05) is 10.4 Å². The minimum atomic E-state index is -0.448. The molecule has 0 unspecified atom stereocenters. The molecule has 0 saturated carbocycles. The molecule has 0 fully saturated rings. The van der Waals surface area contributed by atoms with Gasteiger partial charge in [-0.15, -0.1) is 11.6 Å². The van der Waals surface area contributed by atoms with Crippen molar-refractivity contribution in [1.29, 1.82) is 0 Å². The van der Waals surface area contributed by atoms with Gasteiger partial charge in [-0.05, 0) is 17.7 Å². The van der Waals surface area contributed by atoms with Crippen LogP contribution in [0.2, 0.25) is 5.02 Å². The van der Waals surface area contributed by atoms with Gasteiger partial charge < -0.3 is 0 Å². The van der Waals surface area contributed by atoms with Crippen LogP contribution in [0.25, 0.3) is 0 Å². The maximum Gasteiger partial charge on any atom is 0.143 e. The van der Waals surface area contributed by atoms with Crippen molar-refractivity contribution in [2.45, 2.75) is 5.88 Å². The van der Waals surface area contributed by atoms with E-state index in [1.165, 1.54) is 6.07 Å². The van der Waals surface area contributed by atoms with Crippen LogP contribution < -0.4 is 0 Å². The van der Waals surface area contributed by atoms with Gasteiger partial charge in [0.05, 0.1) is 5.02 Å². The molecule has 0 heterocycles. The van der Waals surface area contributed by atoms with Crippen molar-refractivity contribution in [2.75, 3.05) is 0 Å². The maximum absolute atomic E-state index is 12.8. The third kappa shape index (κ3) is 2.08. The molecule has 11 heavy (non-hydrogen) atoms. The fourth-order valence-electron chi connectivity index (χ4n) is 0.707. The summed E-state index contributed by atoms with van der Waals surface area (Å²) in [6, 6.07) is 3.00. The van der Waals surface area contributed by atoms with Crippen molar-refractivity contribution in [3.05, 3.63) is 33.0 Å². The van der Waals surface area contributed by atoms with Gasteiger partial charge >= 0.3 is 0 Å². The van der Waals surface area contributed by atoms with Crippen LogP contribution >= 0.6 is 39.1 Å². The lowest BCUT2D eigenvalue weighted by Gasteiger charge is -2.01. The summed E-state index contributed by atoms with van der Waals surface area (Å²) in [5.74, 6) is -0.230. The summed E-state index contributed by atoms with van der Waals surface area (Å²) in [6.45, 7) is 0. The minimum Gasteiger partial charge on any atom is -0.205 e. The molecular formula is C7H4BrCl2F. The quantitative estimate of drug-likeness (QED) is 0.527. The Morgan fingerprint density at radius 1 is 1.45 bits per heavy atom. The molecule has 1 rings (SSSR count). The van der Waals surface area contributed by atoms with Crippen molar-refractivity contribution in [3.63, 3.8) is 0 Å². The van der Waals surface area contributed by atoms with Gasteiger partial charge in [0.15, 0.2) is 0 Å². The Morgan fingerprint density at radius 2 is 2.09 bits per heavy atom. The summed E-state index contributed by atoms with van der Waals surface area (Å²) in [4.78, 5) is 0. The molecule has 1 aromatic rings. The molecule has 0 saturated heterocycles. The molecule has 0 aliphatic carbocycles. The average Bonchev–Trinajstić information content (AvgIpc) is 1.96. The van der Waals surface area contributed by atoms with E-state index >= 15 is 0 Å². The zero-order chi connectivity index (χ0) is 8.43. The van der Waals surface area contributed by atoms with Gasteiger partial charge in [0.2, 0.25) is 0 Å². The summed E-state index contributed by atoms with van der Waals surface area (Å²) in [5, 5.41) is 0.100. The van der Waals surface area contributed by atoms with E-state index in [0.717, 1.165) is 0 Å². The van der Waals surface area contributed by atoms with E-state index in [-0.39, 0.29) is 10.9 Å². The summed E-state index contributed by atoms with van der Waals surface area (Å²) >= 11 is 14.2. The second kappa shape index (κ2) is 3.74. The number of alkyl halides is 1. The SMILES string of the molecule is Fc1cc(Br)cc(CCl)c1Cl. The second-order valence-corrected chi connectivity index (χ2v) is 3.56. The number of halogens is 4. The highest BCUT2D eigenvalue weighted by molar-refractivity contribution is 9.10. The topological polar surface area (TPSA) is 0 Å². The van der Waals surface area contributed by atoms with Gasteiger partial charge in [0.25, 0.3) is 0 Å². The fraction of sp³-hybridized carbons (Fsp3) is 0.143. The van der Waals surface area contributed by atoms with Crippen LogP contribution in [0, 0.1) is 5.82 Å². The third-order valence-corrected chi connectivity index (χ3v) is 2.38. The Labute approximate surface area is 82.4 Å². The summed E-state index contributed by atoms with van der Waals surface area (Å²) in [6.07, 6.45) is 0. The van der Waals surface area contributed by atoms with Crippen molar-refractivity contribution < 1.29 is 4.39 Å². The van der Waals surface area contributed by atoms with Crippen LogP contribution in [-0.4, -0.2) is 0 Å². The molecular weight excluding hydrogens is 254 g/mol. The standard InChI is InChI=1S/C7H4BrCl2F/c8-5-1-4(3-9)7(10)6(11)2-5/h1-2H,3H2. The molecule has 0 aliphatic rings. The van der Waals surface area contributed by atoms with Crippen molar-refractivity contribution >= 4 is 39.1 Å². The average molecular weight is 258 g/mol. The predicted octanol–water partition coefficient (Wildman–Crippen LogP) is 3.98. The second-order valence-electron chi connectivity index (χ2n) is 1.99.